The second-order valence-electron chi connectivity index (χ2n) is 1.94. The molecule has 1 aromatic rings. The first kappa shape index (κ1) is 9.47. The Morgan fingerprint density at radius 2 is 2.58 bits per heavy atom. The molecule has 1 rings (SSSR count). The zero-order valence-corrected chi connectivity index (χ0v) is 7.82. The summed E-state index contributed by atoms with van der Waals surface area (Å²) in [6.45, 7) is 0. The maximum atomic E-state index is 10.1. The molecule has 0 saturated carbocycles. The van der Waals surface area contributed by atoms with Gasteiger partial charge in [-0.2, -0.15) is 0 Å². The van der Waals surface area contributed by atoms with Gasteiger partial charge in [0.1, 0.15) is 0 Å². The molecule has 6 heteroatoms. The molecular formula is C6H8N2O2S2. The molecule has 66 valence electrons. The largest absolute Gasteiger partial charge is 0.481 e. The SMILES string of the molecule is O=C(O)CCSSc1ncc[nH]1. The van der Waals surface area contributed by atoms with E-state index < -0.39 is 5.97 Å². The van der Waals surface area contributed by atoms with Crippen LogP contribution in [-0.4, -0.2) is 26.8 Å². The number of rotatable bonds is 5. The van der Waals surface area contributed by atoms with Gasteiger partial charge in [-0.25, -0.2) is 4.98 Å². The first-order chi connectivity index (χ1) is 5.79. The molecule has 1 heterocycles. The van der Waals surface area contributed by atoms with Gasteiger partial charge in [0, 0.05) is 18.1 Å². The fourth-order valence-electron chi connectivity index (χ4n) is 0.523. The van der Waals surface area contributed by atoms with Crippen molar-refractivity contribution in [2.45, 2.75) is 11.6 Å². The van der Waals surface area contributed by atoms with Gasteiger partial charge in [0.05, 0.1) is 6.42 Å². The van der Waals surface area contributed by atoms with E-state index in [1.165, 1.54) is 21.6 Å². The molecule has 0 atom stereocenters. The van der Waals surface area contributed by atoms with Crippen molar-refractivity contribution in [2.24, 2.45) is 0 Å². The third-order valence-corrected chi connectivity index (χ3v) is 3.21. The minimum absolute atomic E-state index is 0.193. The van der Waals surface area contributed by atoms with Gasteiger partial charge in [-0.15, -0.1) is 0 Å². The van der Waals surface area contributed by atoms with E-state index in [1.807, 2.05) is 0 Å². The van der Waals surface area contributed by atoms with Crippen LogP contribution < -0.4 is 0 Å². The Morgan fingerprint density at radius 3 is 3.17 bits per heavy atom. The van der Waals surface area contributed by atoms with Crippen LogP contribution in [0.4, 0.5) is 0 Å². The van der Waals surface area contributed by atoms with Crippen LogP contribution in [0.5, 0.6) is 0 Å². The molecule has 1 aromatic heterocycles. The average molecular weight is 204 g/mol. The van der Waals surface area contributed by atoms with Gasteiger partial charge >= 0.3 is 5.97 Å². The summed E-state index contributed by atoms with van der Waals surface area (Å²) >= 11 is 0. The number of carboxylic acid groups (broad SMARTS) is 1. The highest BCUT2D eigenvalue weighted by molar-refractivity contribution is 8.76. The lowest BCUT2D eigenvalue weighted by Crippen LogP contribution is -1.94. The van der Waals surface area contributed by atoms with Gasteiger partial charge in [-0.05, 0) is 10.8 Å². The third-order valence-electron chi connectivity index (χ3n) is 1.01. The molecule has 0 aliphatic rings. The van der Waals surface area contributed by atoms with Gasteiger partial charge < -0.3 is 10.1 Å². The van der Waals surface area contributed by atoms with Crippen molar-refractivity contribution in [3.63, 3.8) is 0 Å². The Labute approximate surface area is 77.6 Å². The van der Waals surface area contributed by atoms with E-state index >= 15 is 0 Å². The fourth-order valence-corrected chi connectivity index (χ4v) is 2.30. The number of hydrogen-bond donors (Lipinski definition) is 2. The Bertz CT molecular complexity index is 238. The van der Waals surface area contributed by atoms with Gasteiger partial charge in [0.25, 0.3) is 0 Å². The summed E-state index contributed by atoms with van der Waals surface area (Å²) in [5, 5.41) is 9.14. The first-order valence-corrected chi connectivity index (χ1v) is 5.61. The summed E-state index contributed by atoms with van der Waals surface area (Å²) in [7, 11) is 2.94. The van der Waals surface area contributed by atoms with Crippen molar-refractivity contribution < 1.29 is 9.90 Å². The highest BCUT2D eigenvalue weighted by Gasteiger charge is 1.99. The van der Waals surface area contributed by atoms with Crippen LogP contribution in [-0.2, 0) is 4.79 Å². The predicted octanol–water partition coefficient (Wildman–Crippen LogP) is 1.62. The summed E-state index contributed by atoms with van der Waals surface area (Å²) in [6.07, 6.45) is 3.60. The van der Waals surface area contributed by atoms with Gasteiger partial charge in [-0.1, -0.05) is 10.8 Å². The van der Waals surface area contributed by atoms with E-state index in [4.69, 9.17) is 5.11 Å². The molecule has 0 bridgehead atoms. The monoisotopic (exact) mass is 204 g/mol. The highest BCUT2D eigenvalue weighted by Crippen LogP contribution is 2.27. The first-order valence-electron chi connectivity index (χ1n) is 3.29. The van der Waals surface area contributed by atoms with Crippen LogP contribution in [0.1, 0.15) is 6.42 Å². The van der Waals surface area contributed by atoms with Crippen molar-refractivity contribution >= 4 is 27.6 Å². The Kier molecular flexibility index (Phi) is 4.02. The molecule has 0 aliphatic heterocycles. The molecule has 4 nitrogen and oxygen atoms in total. The maximum absolute atomic E-state index is 10.1. The number of aromatic amines is 1. The molecule has 0 saturated heterocycles. The standard InChI is InChI=1S/C6H8N2O2S2/c9-5(10)1-4-11-12-6-7-2-3-8-6/h2-3H,1,4H2,(H,7,8)(H,9,10). The van der Waals surface area contributed by atoms with Gasteiger partial charge in [0.15, 0.2) is 5.16 Å². The topological polar surface area (TPSA) is 66.0 Å². The summed E-state index contributed by atoms with van der Waals surface area (Å²) < 4.78 is 0. The highest BCUT2D eigenvalue weighted by atomic mass is 33.1. The molecule has 0 unspecified atom stereocenters. The van der Waals surface area contributed by atoms with Crippen molar-refractivity contribution in [2.75, 3.05) is 5.75 Å². The lowest BCUT2D eigenvalue weighted by molar-refractivity contribution is -0.136. The Morgan fingerprint density at radius 1 is 1.75 bits per heavy atom. The van der Waals surface area contributed by atoms with Crippen LogP contribution in [0.25, 0.3) is 0 Å². The van der Waals surface area contributed by atoms with Crippen LogP contribution in [0.3, 0.4) is 0 Å². The zero-order valence-electron chi connectivity index (χ0n) is 6.19. The number of nitrogens with zero attached hydrogens (tertiary/aromatic N) is 1. The number of H-pyrrole nitrogens is 1. The van der Waals surface area contributed by atoms with E-state index in [-0.39, 0.29) is 6.42 Å². The number of hydrogen-bond acceptors (Lipinski definition) is 4. The molecule has 0 aliphatic carbocycles. The Hall–Kier alpha value is -0.620. The van der Waals surface area contributed by atoms with Gasteiger partial charge in [0.2, 0.25) is 0 Å². The third kappa shape index (κ3) is 3.68. The molecule has 0 amide bonds. The lowest BCUT2D eigenvalue weighted by Gasteiger charge is -1.93. The summed E-state index contributed by atoms with van der Waals surface area (Å²) in [5.41, 5.74) is 0. The molecule has 0 radical (unpaired) electrons. The van der Waals surface area contributed by atoms with E-state index in [1.54, 1.807) is 12.4 Å². The molecule has 2 N–H and O–H groups in total. The molecule has 0 spiro atoms. The normalized spacial score (nSPS) is 10.0. The molecule has 0 aromatic carbocycles. The lowest BCUT2D eigenvalue weighted by atomic mass is 10.5. The van der Waals surface area contributed by atoms with Crippen molar-refractivity contribution in [1.82, 2.24) is 9.97 Å². The molecular weight excluding hydrogens is 196 g/mol. The number of nitrogens with one attached hydrogen (secondary N) is 1. The number of aliphatic carboxylic acids is 1. The van der Waals surface area contributed by atoms with Crippen molar-refractivity contribution in [3.05, 3.63) is 12.4 Å². The van der Waals surface area contributed by atoms with E-state index in [2.05, 4.69) is 9.97 Å². The summed E-state index contributed by atoms with van der Waals surface area (Å²) in [6, 6.07) is 0. The number of carboxylic acids is 1. The Balaban J connectivity index is 2.07. The maximum Gasteiger partial charge on any atom is 0.304 e. The summed E-state index contributed by atoms with van der Waals surface area (Å²) in [4.78, 5) is 17.0. The minimum Gasteiger partial charge on any atom is -0.481 e. The molecule has 0 fully saturated rings. The quantitative estimate of drug-likeness (QED) is 0.563. The van der Waals surface area contributed by atoms with E-state index in [0.29, 0.717) is 5.75 Å². The van der Waals surface area contributed by atoms with E-state index in [9.17, 15) is 4.79 Å². The van der Waals surface area contributed by atoms with Crippen molar-refractivity contribution in [3.8, 4) is 0 Å². The predicted molar refractivity (Wildman–Crippen MR) is 49.2 cm³/mol. The number of imidazole rings is 1. The van der Waals surface area contributed by atoms with Crippen LogP contribution >= 0.6 is 21.6 Å². The van der Waals surface area contributed by atoms with Crippen LogP contribution in [0.15, 0.2) is 17.6 Å². The van der Waals surface area contributed by atoms with E-state index in [0.717, 1.165) is 5.16 Å². The number of carbonyl (C=O) groups is 1. The zero-order chi connectivity index (χ0) is 8.81. The van der Waals surface area contributed by atoms with Crippen LogP contribution in [0, 0.1) is 0 Å². The average Bonchev–Trinajstić information content (AvgIpc) is 2.49. The second kappa shape index (κ2) is 5.10. The fraction of sp³-hybridized carbons (Fsp3) is 0.333. The number of aromatic nitrogens is 2. The second-order valence-corrected chi connectivity index (χ2v) is 4.35. The summed E-state index contributed by atoms with van der Waals surface area (Å²) in [5.74, 6) is -0.164. The van der Waals surface area contributed by atoms with Gasteiger partial charge in [-0.3, -0.25) is 4.79 Å². The molecule has 12 heavy (non-hydrogen) atoms. The van der Waals surface area contributed by atoms with Crippen molar-refractivity contribution in [1.29, 1.82) is 0 Å². The van der Waals surface area contributed by atoms with Crippen LogP contribution in [0.2, 0.25) is 0 Å². The minimum atomic E-state index is -0.762. The smallest absolute Gasteiger partial charge is 0.304 e.